The second kappa shape index (κ2) is 5.54. The van der Waals surface area contributed by atoms with Crippen molar-refractivity contribution >= 4 is 17.4 Å². The van der Waals surface area contributed by atoms with Gasteiger partial charge in [-0.3, -0.25) is 0 Å². The molecule has 0 aliphatic heterocycles. The predicted octanol–water partition coefficient (Wildman–Crippen LogP) is 3.44. The van der Waals surface area contributed by atoms with Gasteiger partial charge in [-0.2, -0.15) is 13.2 Å². The summed E-state index contributed by atoms with van der Waals surface area (Å²) in [6.07, 6.45) is 0.242. The Balaban J connectivity index is 2.13. The summed E-state index contributed by atoms with van der Waals surface area (Å²) in [7, 11) is 0. The van der Waals surface area contributed by atoms with Gasteiger partial charge in [-0.15, -0.1) is 0 Å². The molecule has 2 atom stereocenters. The summed E-state index contributed by atoms with van der Waals surface area (Å²) in [5.74, 6) is 0.261. The number of halogens is 4. The summed E-state index contributed by atoms with van der Waals surface area (Å²) >= 11 is 5.84. The van der Waals surface area contributed by atoms with E-state index in [-0.39, 0.29) is 22.9 Å². The Labute approximate surface area is 114 Å². The van der Waals surface area contributed by atoms with Gasteiger partial charge >= 0.3 is 6.18 Å². The smallest absolute Gasteiger partial charge is 0.365 e. The zero-order chi connectivity index (χ0) is 14.0. The Hall–Kier alpha value is -1.01. The van der Waals surface area contributed by atoms with Gasteiger partial charge in [0.05, 0.1) is 10.6 Å². The Morgan fingerprint density at radius 2 is 2.00 bits per heavy atom. The highest BCUT2D eigenvalue weighted by atomic mass is 35.5. The number of rotatable bonds is 2. The van der Waals surface area contributed by atoms with Crippen LogP contribution in [0, 0.1) is 0 Å². The molecule has 19 heavy (non-hydrogen) atoms. The minimum absolute atomic E-state index is 0.00971. The molecule has 0 saturated heterocycles. The van der Waals surface area contributed by atoms with E-state index in [1.165, 1.54) is 0 Å². The molecule has 3 nitrogen and oxygen atoms in total. The van der Waals surface area contributed by atoms with Crippen molar-refractivity contribution in [3.05, 3.63) is 22.8 Å². The maximum atomic E-state index is 12.5. The van der Waals surface area contributed by atoms with Crippen LogP contribution in [-0.4, -0.2) is 17.1 Å². The van der Waals surface area contributed by atoms with Gasteiger partial charge in [0, 0.05) is 18.3 Å². The Kier molecular flexibility index (Phi) is 4.20. The van der Waals surface area contributed by atoms with E-state index in [2.05, 4.69) is 10.3 Å². The first-order chi connectivity index (χ1) is 8.88. The van der Waals surface area contributed by atoms with Gasteiger partial charge in [0.25, 0.3) is 0 Å². The van der Waals surface area contributed by atoms with Crippen LogP contribution in [0.5, 0.6) is 0 Å². The van der Waals surface area contributed by atoms with Gasteiger partial charge in [0.2, 0.25) is 0 Å². The molecule has 2 rings (SSSR count). The number of pyridine rings is 1. The number of alkyl halides is 3. The number of nitrogens with two attached hydrogens (primary N) is 1. The molecule has 0 bridgehead atoms. The number of anilines is 1. The minimum atomic E-state index is -4.43. The first-order valence-corrected chi connectivity index (χ1v) is 6.50. The Bertz CT molecular complexity index is 450. The molecule has 0 aromatic carbocycles. The van der Waals surface area contributed by atoms with Crippen molar-refractivity contribution in [3.63, 3.8) is 0 Å². The molecular weight excluding hydrogens is 279 g/mol. The monoisotopic (exact) mass is 293 g/mol. The fourth-order valence-electron chi connectivity index (χ4n) is 2.21. The number of nitrogens with zero attached hydrogens (tertiary/aromatic N) is 1. The molecule has 3 N–H and O–H groups in total. The van der Waals surface area contributed by atoms with Crippen molar-refractivity contribution in [1.82, 2.24) is 4.98 Å². The van der Waals surface area contributed by atoms with Crippen molar-refractivity contribution in [2.24, 2.45) is 5.73 Å². The maximum absolute atomic E-state index is 12.5. The molecule has 106 valence electrons. The van der Waals surface area contributed by atoms with Crippen molar-refractivity contribution in [3.8, 4) is 0 Å². The van der Waals surface area contributed by atoms with Crippen molar-refractivity contribution in [2.45, 2.75) is 43.9 Å². The van der Waals surface area contributed by atoms with E-state index < -0.39 is 11.7 Å². The van der Waals surface area contributed by atoms with Crippen molar-refractivity contribution in [1.29, 1.82) is 0 Å². The molecule has 1 aliphatic carbocycles. The largest absolute Gasteiger partial charge is 0.417 e. The average molecular weight is 294 g/mol. The third kappa shape index (κ3) is 3.51. The topological polar surface area (TPSA) is 50.9 Å². The summed E-state index contributed by atoms with van der Waals surface area (Å²) in [6, 6.07) is 0.870. The van der Waals surface area contributed by atoms with Crippen LogP contribution in [0.15, 0.2) is 12.3 Å². The lowest BCUT2D eigenvalue weighted by molar-refractivity contribution is -0.137. The number of hydrogen-bond donors (Lipinski definition) is 2. The highest BCUT2D eigenvalue weighted by Crippen LogP contribution is 2.33. The maximum Gasteiger partial charge on any atom is 0.417 e. The highest BCUT2D eigenvalue weighted by Gasteiger charge is 2.32. The van der Waals surface area contributed by atoms with Crippen LogP contribution in [0.3, 0.4) is 0 Å². The average Bonchev–Trinajstić information content (AvgIpc) is 2.33. The van der Waals surface area contributed by atoms with E-state index in [1.807, 2.05) is 0 Å². The predicted molar refractivity (Wildman–Crippen MR) is 68.1 cm³/mol. The molecule has 0 spiro atoms. The Morgan fingerprint density at radius 3 is 2.58 bits per heavy atom. The molecule has 7 heteroatoms. The third-order valence-corrected chi connectivity index (χ3v) is 3.60. The normalized spacial score (nSPS) is 24.3. The van der Waals surface area contributed by atoms with Crippen LogP contribution in [-0.2, 0) is 6.18 Å². The first-order valence-electron chi connectivity index (χ1n) is 6.13. The molecule has 1 saturated carbocycles. The third-order valence-electron chi connectivity index (χ3n) is 3.31. The zero-order valence-electron chi connectivity index (χ0n) is 10.2. The molecule has 0 radical (unpaired) electrons. The van der Waals surface area contributed by atoms with Gasteiger partial charge in [-0.25, -0.2) is 4.98 Å². The van der Waals surface area contributed by atoms with Crippen LogP contribution < -0.4 is 11.1 Å². The van der Waals surface area contributed by atoms with Gasteiger partial charge in [-0.05, 0) is 18.9 Å². The molecular formula is C12H15ClF3N3. The van der Waals surface area contributed by atoms with Gasteiger partial charge in [0.15, 0.2) is 0 Å². The number of nitrogens with one attached hydrogen (secondary N) is 1. The first kappa shape index (κ1) is 14.4. The lowest BCUT2D eigenvalue weighted by Gasteiger charge is -2.30. The molecule has 1 aromatic heterocycles. The van der Waals surface area contributed by atoms with Crippen LogP contribution in [0.25, 0.3) is 0 Å². The highest BCUT2D eigenvalue weighted by molar-refractivity contribution is 6.33. The van der Waals surface area contributed by atoms with E-state index in [9.17, 15) is 13.2 Å². The van der Waals surface area contributed by atoms with Gasteiger partial charge in [0.1, 0.15) is 5.82 Å². The summed E-state index contributed by atoms with van der Waals surface area (Å²) in [5.41, 5.74) is 5.11. The summed E-state index contributed by atoms with van der Waals surface area (Å²) in [5, 5.41) is 3.01. The lowest BCUT2D eigenvalue weighted by Crippen LogP contribution is -2.42. The van der Waals surface area contributed by atoms with E-state index in [0.29, 0.717) is 0 Å². The van der Waals surface area contributed by atoms with Crippen LogP contribution in [0.1, 0.15) is 31.2 Å². The van der Waals surface area contributed by atoms with Crippen LogP contribution in [0.2, 0.25) is 5.02 Å². The molecule has 1 aliphatic rings. The van der Waals surface area contributed by atoms with Crippen molar-refractivity contribution in [2.75, 3.05) is 5.32 Å². The molecule has 1 fully saturated rings. The zero-order valence-corrected chi connectivity index (χ0v) is 10.9. The molecule has 0 unspecified atom stereocenters. The fourth-order valence-corrected chi connectivity index (χ4v) is 2.43. The van der Waals surface area contributed by atoms with E-state index in [4.69, 9.17) is 17.3 Å². The summed E-state index contributed by atoms with van der Waals surface area (Å²) < 4.78 is 37.4. The Morgan fingerprint density at radius 1 is 1.32 bits per heavy atom. The van der Waals surface area contributed by atoms with Crippen molar-refractivity contribution < 1.29 is 13.2 Å². The fraction of sp³-hybridized carbons (Fsp3) is 0.583. The molecule has 0 amide bonds. The second-order valence-electron chi connectivity index (χ2n) is 4.75. The lowest BCUT2D eigenvalue weighted by atomic mass is 9.91. The van der Waals surface area contributed by atoms with Crippen LogP contribution in [0.4, 0.5) is 19.0 Å². The molecule has 1 heterocycles. The van der Waals surface area contributed by atoms with E-state index in [0.717, 1.165) is 37.9 Å². The van der Waals surface area contributed by atoms with Gasteiger partial charge < -0.3 is 11.1 Å². The quantitative estimate of drug-likeness (QED) is 0.878. The number of aromatic nitrogens is 1. The van der Waals surface area contributed by atoms with Gasteiger partial charge in [-0.1, -0.05) is 24.4 Å². The SMILES string of the molecule is N[C@H]1CCCC[C@@H]1Nc1ncc(C(F)(F)F)cc1Cl. The minimum Gasteiger partial charge on any atom is -0.365 e. The number of hydrogen-bond acceptors (Lipinski definition) is 3. The summed E-state index contributed by atoms with van der Waals surface area (Å²) in [6.45, 7) is 0. The van der Waals surface area contributed by atoms with E-state index >= 15 is 0 Å². The second-order valence-corrected chi connectivity index (χ2v) is 5.16. The molecule has 1 aromatic rings. The van der Waals surface area contributed by atoms with E-state index in [1.54, 1.807) is 0 Å². The summed E-state index contributed by atoms with van der Waals surface area (Å²) in [4.78, 5) is 3.75. The standard InChI is InChI=1S/C12H15ClF3N3/c13-8-5-7(12(14,15)16)6-18-11(8)19-10-4-2-1-3-9(10)17/h5-6,9-10H,1-4,17H2,(H,18,19)/t9-,10-/m0/s1. The van der Waals surface area contributed by atoms with Crippen LogP contribution >= 0.6 is 11.6 Å².